The van der Waals surface area contributed by atoms with Crippen molar-refractivity contribution in [3.8, 4) is 0 Å². The number of carbonyl (C=O) groups excluding carboxylic acids is 1. The number of nitrogens with one attached hydrogen (secondary N) is 1. The fraction of sp³-hybridized carbons (Fsp3) is 0.409. The van der Waals surface area contributed by atoms with Gasteiger partial charge in [-0.1, -0.05) is 11.6 Å². The van der Waals surface area contributed by atoms with Gasteiger partial charge < -0.3 is 10.2 Å². The summed E-state index contributed by atoms with van der Waals surface area (Å²) < 4.78 is 27.0. The van der Waals surface area contributed by atoms with E-state index in [0.717, 1.165) is 18.8 Å². The number of hydrogen-bond donors (Lipinski definition) is 1. The number of hydrogen-bond acceptors (Lipinski definition) is 5. The van der Waals surface area contributed by atoms with Crippen molar-refractivity contribution in [3.05, 3.63) is 53.6 Å². The largest absolute Gasteiger partial charge is 0.372 e. The normalized spacial score (nSPS) is 18.3. The van der Waals surface area contributed by atoms with E-state index < -0.39 is 10.0 Å². The molecule has 7 nitrogen and oxygen atoms in total. The predicted octanol–water partition coefficient (Wildman–Crippen LogP) is 2.89. The van der Waals surface area contributed by atoms with Gasteiger partial charge in [0.05, 0.1) is 11.4 Å². The van der Waals surface area contributed by atoms with Crippen LogP contribution in [0.1, 0.15) is 12.8 Å². The second-order valence-electron chi connectivity index (χ2n) is 7.92. The lowest BCUT2D eigenvalue weighted by Crippen LogP contribution is -2.50. The summed E-state index contributed by atoms with van der Waals surface area (Å²) in [5.74, 6) is -0.0945. The molecule has 9 heteroatoms. The van der Waals surface area contributed by atoms with E-state index in [9.17, 15) is 13.2 Å². The zero-order valence-corrected chi connectivity index (χ0v) is 18.9. The van der Waals surface area contributed by atoms with Gasteiger partial charge in [-0.05, 0) is 61.4 Å². The molecule has 0 saturated carbocycles. The van der Waals surface area contributed by atoms with Crippen molar-refractivity contribution in [2.75, 3.05) is 56.0 Å². The minimum Gasteiger partial charge on any atom is -0.372 e. The van der Waals surface area contributed by atoms with Gasteiger partial charge in [-0.2, -0.15) is 4.31 Å². The molecular formula is C22H27ClN4O3S. The quantitative estimate of drug-likeness (QED) is 0.714. The Balaban J connectivity index is 1.26. The van der Waals surface area contributed by atoms with E-state index in [1.54, 1.807) is 12.1 Å². The number of sulfonamides is 1. The number of amides is 1. The Morgan fingerprint density at radius 1 is 0.871 bits per heavy atom. The van der Waals surface area contributed by atoms with Gasteiger partial charge in [0, 0.05) is 55.7 Å². The molecule has 2 fully saturated rings. The first-order valence-electron chi connectivity index (χ1n) is 10.5. The number of anilines is 2. The zero-order valence-electron chi connectivity index (χ0n) is 17.3. The van der Waals surface area contributed by atoms with Crippen LogP contribution in [0.4, 0.5) is 11.4 Å². The third kappa shape index (κ3) is 5.38. The van der Waals surface area contributed by atoms with E-state index >= 15 is 0 Å². The highest BCUT2D eigenvalue weighted by atomic mass is 35.5. The average Bonchev–Trinajstić information content (AvgIpc) is 3.30. The summed E-state index contributed by atoms with van der Waals surface area (Å²) in [6.07, 6.45) is 2.46. The van der Waals surface area contributed by atoms with Crippen molar-refractivity contribution in [2.45, 2.75) is 17.7 Å². The maximum absolute atomic E-state index is 12.8. The van der Waals surface area contributed by atoms with Crippen molar-refractivity contribution in [2.24, 2.45) is 0 Å². The molecule has 0 unspecified atom stereocenters. The summed E-state index contributed by atoms with van der Waals surface area (Å²) in [5, 5.41) is 3.44. The van der Waals surface area contributed by atoms with Gasteiger partial charge in [0.2, 0.25) is 15.9 Å². The lowest BCUT2D eigenvalue weighted by atomic mass is 10.2. The van der Waals surface area contributed by atoms with Crippen LogP contribution in [0.2, 0.25) is 5.02 Å². The van der Waals surface area contributed by atoms with E-state index in [2.05, 4.69) is 10.2 Å². The second-order valence-corrected chi connectivity index (χ2v) is 10.3. The Kier molecular flexibility index (Phi) is 6.81. The molecule has 1 N–H and O–H groups in total. The molecule has 0 spiro atoms. The van der Waals surface area contributed by atoms with Crippen LogP contribution in [0.15, 0.2) is 53.4 Å². The summed E-state index contributed by atoms with van der Waals surface area (Å²) in [7, 11) is -3.55. The zero-order chi connectivity index (χ0) is 21.8. The smallest absolute Gasteiger partial charge is 0.243 e. The highest BCUT2D eigenvalue weighted by Crippen LogP contribution is 2.22. The molecule has 166 valence electrons. The Morgan fingerprint density at radius 3 is 2.10 bits per heavy atom. The highest BCUT2D eigenvalue weighted by Gasteiger charge is 2.29. The predicted molar refractivity (Wildman–Crippen MR) is 123 cm³/mol. The summed E-state index contributed by atoms with van der Waals surface area (Å²) in [6.45, 7) is 4.13. The summed E-state index contributed by atoms with van der Waals surface area (Å²) >= 11 is 5.86. The lowest BCUT2D eigenvalue weighted by Gasteiger charge is -2.33. The Labute approximate surface area is 188 Å². The van der Waals surface area contributed by atoms with Crippen molar-refractivity contribution >= 4 is 38.9 Å². The number of piperazine rings is 1. The number of rotatable bonds is 6. The molecule has 2 saturated heterocycles. The first-order chi connectivity index (χ1) is 14.9. The van der Waals surface area contributed by atoms with E-state index in [1.807, 2.05) is 29.2 Å². The number of benzene rings is 2. The molecule has 2 heterocycles. The molecule has 2 aromatic rings. The number of carbonyl (C=O) groups is 1. The van der Waals surface area contributed by atoms with Gasteiger partial charge in [-0.25, -0.2) is 8.42 Å². The van der Waals surface area contributed by atoms with Crippen LogP contribution in [-0.4, -0.2) is 69.3 Å². The molecule has 0 atom stereocenters. The van der Waals surface area contributed by atoms with Gasteiger partial charge in [0.15, 0.2) is 0 Å². The SMILES string of the molecule is O=C(CN1CCN(S(=O)(=O)c2ccc(Cl)cc2)CC1)Nc1ccc(N2CCCC2)cc1. The van der Waals surface area contributed by atoms with Crippen LogP contribution in [0.3, 0.4) is 0 Å². The van der Waals surface area contributed by atoms with Crippen molar-refractivity contribution in [1.82, 2.24) is 9.21 Å². The third-order valence-electron chi connectivity index (χ3n) is 5.77. The van der Waals surface area contributed by atoms with Crippen molar-refractivity contribution in [3.63, 3.8) is 0 Å². The summed E-state index contributed by atoms with van der Waals surface area (Å²) in [6, 6.07) is 14.1. The van der Waals surface area contributed by atoms with Crippen LogP contribution in [0.5, 0.6) is 0 Å². The number of halogens is 1. The maximum Gasteiger partial charge on any atom is 0.243 e. The number of nitrogens with zero attached hydrogens (tertiary/aromatic N) is 3. The Bertz CT molecular complexity index is 998. The molecular weight excluding hydrogens is 436 g/mol. The fourth-order valence-electron chi connectivity index (χ4n) is 4.02. The van der Waals surface area contributed by atoms with Crippen LogP contribution >= 0.6 is 11.6 Å². The van der Waals surface area contributed by atoms with Gasteiger partial charge in [-0.3, -0.25) is 9.69 Å². The van der Waals surface area contributed by atoms with E-state index in [4.69, 9.17) is 11.6 Å². The maximum atomic E-state index is 12.8. The van der Waals surface area contributed by atoms with Crippen LogP contribution in [-0.2, 0) is 14.8 Å². The molecule has 2 aliphatic rings. The van der Waals surface area contributed by atoms with Crippen LogP contribution in [0.25, 0.3) is 0 Å². The van der Waals surface area contributed by atoms with E-state index in [-0.39, 0.29) is 17.3 Å². The van der Waals surface area contributed by atoms with Crippen LogP contribution in [0, 0.1) is 0 Å². The topological polar surface area (TPSA) is 73.0 Å². The molecule has 4 rings (SSSR count). The Morgan fingerprint density at radius 2 is 1.48 bits per heavy atom. The molecule has 2 aliphatic heterocycles. The minimum atomic E-state index is -3.55. The molecule has 0 bridgehead atoms. The lowest BCUT2D eigenvalue weighted by molar-refractivity contribution is -0.117. The standard InChI is InChI=1S/C22H27ClN4O3S/c23-18-3-9-21(10-4-18)31(29,30)27-15-13-25(14-16-27)17-22(28)24-19-5-7-20(8-6-19)26-11-1-2-12-26/h3-10H,1-2,11-17H2,(H,24,28). The Hall–Kier alpha value is -2.13. The highest BCUT2D eigenvalue weighted by molar-refractivity contribution is 7.89. The first-order valence-corrected chi connectivity index (χ1v) is 12.4. The monoisotopic (exact) mass is 462 g/mol. The third-order valence-corrected chi connectivity index (χ3v) is 7.94. The van der Waals surface area contributed by atoms with Crippen LogP contribution < -0.4 is 10.2 Å². The summed E-state index contributed by atoms with van der Waals surface area (Å²) in [4.78, 5) is 17.0. The van der Waals surface area contributed by atoms with Crippen molar-refractivity contribution in [1.29, 1.82) is 0 Å². The fourth-order valence-corrected chi connectivity index (χ4v) is 5.57. The van der Waals surface area contributed by atoms with Gasteiger partial charge >= 0.3 is 0 Å². The van der Waals surface area contributed by atoms with E-state index in [0.29, 0.717) is 31.2 Å². The molecule has 1 amide bonds. The van der Waals surface area contributed by atoms with Gasteiger partial charge in [0.1, 0.15) is 0 Å². The average molecular weight is 463 g/mol. The summed E-state index contributed by atoms with van der Waals surface area (Å²) in [5.41, 5.74) is 1.96. The minimum absolute atomic E-state index is 0.0945. The molecule has 0 aromatic heterocycles. The molecule has 0 aliphatic carbocycles. The molecule has 2 aromatic carbocycles. The first kappa shape index (κ1) is 22.1. The van der Waals surface area contributed by atoms with Gasteiger partial charge in [-0.15, -0.1) is 0 Å². The second kappa shape index (κ2) is 9.56. The van der Waals surface area contributed by atoms with E-state index in [1.165, 1.54) is 35.0 Å². The van der Waals surface area contributed by atoms with Crippen molar-refractivity contribution < 1.29 is 13.2 Å². The molecule has 0 radical (unpaired) electrons. The molecule has 31 heavy (non-hydrogen) atoms. The van der Waals surface area contributed by atoms with Gasteiger partial charge in [0.25, 0.3) is 0 Å².